The zero-order chi connectivity index (χ0) is 18.9. The fraction of sp³-hybridized carbons (Fsp3) is 0.316. The maximum Gasteiger partial charge on any atom is 0.258 e. The summed E-state index contributed by atoms with van der Waals surface area (Å²) in [5, 5.41) is 2.84. The van der Waals surface area contributed by atoms with Gasteiger partial charge in [-0.3, -0.25) is 14.6 Å². The highest BCUT2D eigenvalue weighted by molar-refractivity contribution is 7.98. The summed E-state index contributed by atoms with van der Waals surface area (Å²) in [7, 11) is 1.73. The van der Waals surface area contributed by atoms with E-state index in [1.807, 2.05) is 30.5 Å². The number of anilines is 1. The zero-order valence-corrected chi connectivity index (χ0v) is 15.8. The molecule has 138 valence electrons. The van der Waals surface area contributed by atoms with E-state index < -0.39 is 6.04 Å². The lowest BCUT2D eigenvalue weighted by molar-refractivity contribution is -0.122. The summed E-state index contributed by atoms with van der Waals surface area (Å²) in [5.74, 6) is 0.613. The first-order chi connectivity index (χ1) is 12.5. The molecule has 2 rings (SSSR count). The summed E-state index contributed by atoms with van der Waals surface area (Å²) < 4.78 is 0. The molecule has 1 heterocycles. The van der Waals surface area contributed by atoms with Crippen molar-refractivity contribution >= 4 is 29.3 Å². The van der Waals surface area contributed by atoms with Crippen molar-refractivity contribution in [3.63, 3.8) is 0 Å². The molecule has 1 aromatic heterocycles. The van der Waals surface area contributed by atoms with Crippen molar-refractivity contribution in [2.75, 3.05) is 24.0 Å². The van der Waals surface area contributed by atoms with E-state index in [2.05, 4.69) is 10.3 Å². The summed E-state index contributed by atoms with van der Waals surface area (Å²) in [6, 6.07) is 10.4. The fourth-order valence-electron chi connectivity index (χ4n) is 2.34. The van der Waals surface area contributed by atoms with Crippen LogP contribution in [0.1, 0.15) is 22.3 Å². The van der Waals surface area contributed by atoms with Crippen molar-refractivity contribution in [3.8, 4) is 0 Å². The van der Waals surface area contributed by atoms with E-state index in [0.717, 1.165) is 17.0 Å². The molecule has 2 aromatic rings. The number of nitrogens with one attached hydrogen (secondary N) is 1. The fourth-order valence-corrected chi connectivity index (χ4v) is 2.83. The zero-order valence-electron chi connectivity index (χ0n) is 15.0. The van der Waals surface area contributed by atoms with Gasteiger partial charge in [0.25, 0.3) is 5.91 Å². The number of rotatable bonds is 8. The van der Waals surface area contributed by atoms with Crippen LogP contribution in [0.15, 0.2) is 48.8 Å². The number of carbonyl (C=O) groups excluding carboxylic acids is 2. The van der Waals surface area contributed by atoms with Crippen LogP contribution in [-0.4, -0.2) is 41.9 Å². The minimum atomic E-state index is -0.481. The van der Waals surface area contributed by atoms with Crippen LogP contribution in [0, 0.1) is 0 Å². The van der Waals surface area contributed by atoms with Crippen LogP contribution in [0.3, 0.4) is 0 Å². The SMILES string of the molecule is CSCC[C@H](N)C(=O)NCc1ccc(N(C)C(=O)c2ccncc2)cc1. The van der Waals surface area contributed by atoms with Gasteiger partial charge in [0.15, 0.2) is 0 Å². The van der Waals surface area contributed by atoms with Gasteiger partial charge in [0, 0.05) is 37.2 Å². The molecule has 1 atom stereocenters. The highest BCUT2D eigenvalue weighted by atomic mass is 32.2. The Labute approximate surface area is 158 Å². The first-order valence-corrected chi connectivity index (χ1v) is 9.71. The predicted molar refractivity (Wildman–Crippen MR) is 106 cm³/mol. The largest absolute Gasteiger partial charge is 0.351 e. The van der Waals surface area contributed by atoms with Crippen molar-refractivity contribution < 1.29 is 9.59 Å². The standard InChI is InChI=1S/C19H24N4O2S/c1-23(19(25)15-7-10-21-11-8-15)16-5-3-14(4-6-16)13-22-18(24)17(20)9-12-26-2/h3-8,10-11,17H,9,12-13,20H2,1-2H3,(H,22,24)/t17-/m0/s1. The molecular formula is C19H24N4O2S. The van der Waals surface area contributed by atoms with E-state index in [-0.39, 0.29) is 11.8 Å². The summed E-state index contributed by atoms with van der Waals surface area (Å²) >= 11 is 1.67. The van der Waals surface area contributed by atoms with E-state index in [0.29, 0.717) is 18.5 Å². The lowest BCUT2D eigenvalue weighted by Gasteiger charge is -2.18. The molecule has 0 fully saturated rings. The maximum atomic E-state index is 12.4. The van der Waals surface area contributed by atoms with E-state index in [9.17, 15) is 9.59 Å². The molecular weight excluding hydrogens is 348 g/mol. The number of hydrogen-bond donors (Lipinski definition) is 2. The Morgan fingerprint density at radius 2 is 1.85 bits per heavy atom. The molecule has 0 spiro atoms. The third-order valence-corrected chi connectivity index (χ3v) is 4.64. The number of carbonyl (C=O) groups is 2. The smallest absolute Gasteiger partial charge is 0.258 e. The number of benzene rings is 1. The molecule has 0 aliphatic carbocycles. The Kier molecular flexibility index (Phi) is 7.62. The highest BCUT2D eigenvalue weighted by Crippen LogP contribution is 2.16. The average molecular weight is 372 g/mol. The highest BCUT2D eigenvalue weighted by Gasteiger charge is 2.14. The topological polar surface area (TPSA) is 88.3 Å². The second kappa shape index (κ2) is 9.94. The Balaban J connectivity index is 1.91. The minimum absolute atomic E-state index is 0.103. The van der Waals surface area contributed by atoms with Gasteiger partial charge in [0.05, 0.1) is 6.04 Å². The summed E-state index contributed by atoms with van der Waals surface area (Å²) in [5.41, 5.74) is 8.15. The number of aromatic nitrogens is 1. The number of nitrogens with two attached hydrogens (primary N) is 1. The molecule has 7 heteroatoms. The molecule has 1 aromatic carbocycles. The van der Waals surface area contributed by atoms with Gasteiger partial charge in [-0.2, -0.15) is 11.8 Å². The van der Waals surface area contributed by atoms with Crippen molar-refractivity contribution in [1.29, 1.82) is 0 Å². The number of pyridine rings is 1. The van der Waals surface area contributed by atoms with Crippen molar-refractivity contribution in [1.82, 2.24) is 10.3 Å². The number of hydrogen-bond acceptors (Lipinski definition) is 5. The Bertz CT molecular complexity index is 722. The minimum Gasteiger partial charge on any atom is -0.351 e. The Morgan fingerprint density at radius 1 is 1.19 bits per heavy atom. The van der Waals surface area contributed by atoms with E-state index in [1.165, 1.54) is 0 Å². The van der Waals surface area contributed by atoms with Crippen LogP contribution >= 0.6 is 11.8 Å². The molecule has 6 nitrogen and oxygen atoms in total. The van der Waals surface area contributed by atoms with Crippen molar-refractivity contribution in [2.24, 2.45) is 5.73 Å². The summed E-state index contributed by atoms with van der Waals surface area (Å²) in [6.07, 6.45) is 5.84. The number of nitrogens with zero attached hydrogens (tertiary/aromatic N) is 2. The predicted octanol–water partition coefficient (Wildman–Crippen LogP) is 2.05. The molecule has 0 aliphatic rings. The van der Waals surface area contributed by atoms with Crippen LogP contribution < -0.4 is 16.0 Å². The Hall–Kier alpha value is -2.38. The first kappa shape index (κ1) is 19.9. The van der Waals surface area contributed by atoms with E-state index in [1.54, 1.807) is 48.2 Å². The molecule has 0 unspecified atom stereocenters. The van der Waals surface area contributed by atoms with Crippen LogP contribution in [0.2, 0.25) is 0 Å². The van der Waals surface area contributed by atoms with Gasteiger partial charge >= 0.3 is 0 Å². The number of thioether (sulfide) groups is 1. The second-order valence-electron chi connectivity index (χ2n) is 5.87. The molecule has 0 saturated heterocycles. The van der Waals surface area contributed by atoms with Crippen LogP contribution in [-0.2, 0) is 11.3 Å². The quantitative estimate of drug-likeness (QED) is 0.740. The van der Waals surface area contributed by atoms with Crippen LogP contribution in [0.5, 0.6) is 0 Å². The molecule has 0 radical (unpaired) electrons. The van der Waals surface area contributed by atoms with E-state index in [4.69, 9.17) is 5.73 Å². The van der Waals surface area contributed by atoms with Crippen molar-refractivity contribution in [3.05, 3.63) is 59.9 Å². The van der Waals surface area contributed by atoms with Gasteiger partial charge in [-0.25, -0.2) is 0 Å². The third-order valence-electron chi connectivity index (χ3n) is 3.99. The van der Waals surface area contributed by atoms with Gasteiger partial charge < -0.3 is 16.0 Å². The summed E-state index contributed by atoms with van der Waals surface area (Å²) in [6.45, 7) is 0.411. The van der Waals surface area contributed by atoms with E-state index >= 15 is 0 Å². The Morgan fingerprint density at radius 3 is 2.46 bits per heavy atom. The normalized spacial score (nSPS) is 11.7. The van der Waals surface area contributed by atoms with Gasteiger partial charge in [-0.15, -0.1) is 0 Å². The first-order valence-electron chi connectivity index (χ1n) is 8.32. The molecule has 0 saturated carbocycles. The maximum absolute atomic E-state index is 12.4. The lowest BCUT2D eigenvalue weighted by atomic mass is 10.1. The van der Waals surface area contributed by atoms with Gasteiger partial charge in [-0.05, 0) is 48.3 Å². The van der Waals surface area contributed by atoms with Gasteiger partial charge in [-0.1, -0.05) is 12.1 Å². The summed E-state index contributed by atoms with van der Waals surface area (Å²) in [4.78, 5) is 29.9. The molecule has 0 bridgehead atoms. The average Bonchev–Trinajstić information content (AvgIpc) is 2.70. The van der Waals surface area contributed by atoms with Crippen LogP contribution in [0.4, 0.5) is 5.69 Å². The van der Waals surface area contributed by atoms with Crippen molar-refractivity contribution in [2.45, 2.75) is 19.0 Å². The third kappa shape index (κ3) is 5.57. The van der Waals surface area contributed by atoms with Crippen LogP contribution in [0.25, 0.3) is 0 Å². The lowest BCUT2D eigenvalue weighted by Crippen LogP contribution is -2.40. The van der Waals surface area contributed by atoms with Gasteiger partial charge in [0.2, 0.25) is 5.91 Å². The molecule has 26 heavy (non-hydrogen) atoms. The molecule has 0 aliphatic heterocycles. The number of amides is 2. The van der Waals surface area contributed by atoms with Gasteiger partial charge in [0.1, 0.15) is 0 Å². The monoisotopic (exact) mass is 372 g/mol. The molecule has 3 N–H and O–H groups in total. The molecule has 2 amide bonds. The second-order valence-corrected chi connectivity index (χ2v) is 6.86.